The summed E-state index contributed by atoms with van der Waals surface area (Å²) in [7, 11) is 0. The lowest BCUT2D eigenvalue weighted by Gasteiger charge is -2.03. The van der Waals surface area contributed by atoms with Gasteiger partial charge in [0.05, 0.1) is 25.9 Å². The quantitative estimate of drug-likeness (QED) is 0.286. The highest BCUT2D eigenvalue weighted by molar-refractivity contribution is 9.10. The molecule has 0 saturated heterocycles. The number of carbonyl (C=O) groups excluding carboxylic acids is 1. The highest BCUT2D eigenvalue weighted by Gasteiger charge is 2.16. The van der Waals surface area contributed by atoms with E-state index in [1.807, 2.05) is 29.6 Å². The summed E-state index contributed by atoms with van der Waals surface area (Å²) in [6.07, 6.45) is 0. The number of amides is 1. The average Bonchev–Trinajstić information content (AvgIpc) is 3.47. The molecule has 1 amide bonds. The van der Waals surface area contributed by atoms with Crippen LogP contribution in [0.2, 0.25) is 0 Å². The van der Waals surface area contributed by atoms with Gasteiger partial charge >= 0.3 is 0 Å². The number of aromatic hydroxyl groups is 1. The van der Waals surface area contributed by atoms with Crippen LogP contribution in [-0.4, -0.2) is 37.3 Å². The Morgan fingerprint density at radius 1 is 1.24 bits per heavy atom. The van der Waals surface area contributed by atoms with Crippen molar-refractivity contribution in [1.82, 2.24) is 26.0 Å². The van der Waals surface area contributed by atoms with Gasteiger partial charge in [0, 0.05) is 9.85 Å². The van der Waals surface area contributed by atoms with Crippen molar-refractivity contribution in [3.63, 3.8) is 0 Å². The Balaban J connectivity index is 1.49. The van der Waals surface area contributed by atoms with E-state index in [1.54, 1.807) is 19.1 Å². The number of hydrogen-bond donors (Lipinski definition) is 3. The van der Waals surface area contributed by atoms with Crippen LogP contribution in [0.5, 0.6) is 5.75 Å². The average molecular weight is 489 g/mol. The highest BCUT2D eigenvalue weighted by Crippen LogP contribution is 2.39. The summed E-state index contributed by atoms with van der Waals surface area (Å²) in [5, 5.41) is 30.2. The van der Waals surface area contributed by atoms with Gasteiger partial charge in [0.15, 0.2) is 0 Å². The number of benzene rings is 1. The number of aromatic amines is 1. The number of carbonyl (C=O) groups is 1. The topological polar surface area (TPSA) is 116 Å². The van der Waals surface area contributed by atoms with E-state index in [2.05, 4.69) is 47.1 Å². The molecule has 0 aliphatic rings. The summed E-state index contributed by atoms with van der Waals surface area (Å²) < 4.78 is 0.967. The molecule has 0 saturated carbocycles. The number of thiophene rings is 2. The Kier molecular flexibility index (Phi) is 5.51. The molecule has 0 unspecified atom stereocenters. The van der Waals surface area contributed by atoms with E-state index in [-0.39, 0.29) is 11.7 Å². The van der Waals surface area contributed by atoms with Crippen molar-refractivity contribution < 1.29 is 9.90 Å². The van der Waals surface area contributed by atoms with E-state index < -0.39 is 0 Å². The minimum atomic E-state index is -0.355. The summed E-state index contributed by atoms with van der Waals surface area (Å²) in [4.78, 5) is 14.3. The molecule has 8 nitrogen and oxygen atoms in total. The van der Waals surface area contributed by atoms with E-state index in [1.165, 1.54) is 22.7 Å². The molecule has 11 heteroatoms. The molecule has 0 bridgehead atoms. The van der Waals surface area contributed by atoms with Gasteiger partial charge in [-0.25, -0.2) is 5.43 Å². The van der Waals surface area contributed by atoms with Crippen molar-refractivity contribution >= 4 is 50.2 Å². The SMILES string of the molecule is CC(=NNC(=O)c1ccc(-c2nn[nH]n2)s1)c1csc(-c2ccc(Br)cc2)c1O. The van der Waals surface area contributed by atoms with E-state index in [0.717, 1.165) is 19.8 Å². The Bertz CT molecular complexity index is 1180. The van der Waals surface area contributed by atoms with Gasteiger partial charge in [-0.2, -0.15) is 10.3 Å². The van der Waals surface area contributed by atoms with E-state index >= 15 is 0 Å². The second-order valence-electron chi connectivity index (χ2n) is 5.87. The van der Waals surface area contributed by atoms with Gasteiger partial charge in [0.25, 0.3) is 5.91 Å². The maximum absolute atomic E-state index is 12.4. The Morgan fingerprint density at radius 2 is 2.03 bits per heavy atom. The monoisotopic (exact) mass is 488 g/mol. The summed E-state index contributed by atoms with van der Waals surface area (Å²) in [6.45, 7) is 1.73. The summed E-state index contributed by atoms with van der Waals surface area (Å²) in [5.41, 5.74) is 4.51. The lowest BCUT2D eigenvalue weighted by atomic mass is 10.1. The molecule has 0 radical (unpaired) electrons. The third-order valence-electron chi connectivity index (χ3n) is 3.98. The molecule has 146 valence electrons. The van der Waals surface area contributed by atoms with Gasteiger partial charge in [-0.15, -0.1) is 32.9 Å². The highest BCUT2D eigenvalue weighted by atomic mass is 79.9. The first-order valence-corrected chi connectivity index (χ1v) is 10.8. The molecule has 0 aliphatic carbocycles. The molecule has 0 aliphatic heterocycles. The first-order valence-electron chi connectivity index (χ1n) is 8.28. The second-order valence-corrected chi connectivity index (χ2v) is 8.75. The van der Waals surface area contributed by atoms with Crippen LogP contribution >= 0.6 is 38.6 Å². The number of hydrogen-bond acceptors (Lipinski definition) is 8. The molecule has 29 heavy (non-hydrogen) atoms. The van der Waals surface area contributed by atoms with Crippen LogP contribution < -0.4 is 5.43 Å². The standard InChI is InChI=1S/C18H13BrN6O2S2/c1-9(12-8-28-16(15(12)26)10-2-4-11(19)5-3-10)20-23-18(27)14-7-6-13(29-14)17-21-24-25-22-17/h2-8,26H,1H3,(H,23,27)(H,21,22,24,25). The van der Waals surface area contributed by atoms with Crippen molar-refractivity contribution in [2.75, 3.05) is 0 Å². The van der Waals surface area contributed by atoms with Gasteiger partial charge in [-0.3, -0.25) is 4.79 Å². The van der Waals surface area contributed by atoms with Gasteiger partial charge in [0.2, 0.25) is 5.82 Å². The molecule has 0 spiro atoms. The number of nitrogens with zero attached hydrogens (tertiary/aromatic N) is 4. The zero-order valence-electron chi connectivity index (χ0n) is 14.9. The van der Waals surface area contributed by atoms with Crippen LogP contribution in [0.3, 0.4) is 0 Å². The Hall–Kier alpha value is -2.89. The molecular weight excluding hydrogens is 476 g/mol. The first kappa shape index (κ1) is 19.4. The maximum Gasteiger partial charge on any atom is 0.281 e. The minimum Gasteiger partial charge on any atom is -0.506 e. The van der Waals surface area contributed by atoms with Crippen molar-refractivity contribution in [3.8, 4) is 26.9 Å². The fourth-order valence-electron chi connectivity index (χ4n) is 2.51. The number of nitrogens with one attached hydrogen (secondary N) is 2. The van der Waals surface area contributed by atoms with Crippen molar-refractivity contribution in [1.29, 1.82) is 0 Å². The van der Waals surface area contributed by atoms with Gasteiger partial charge < -0.3 is 5.11 Å². The third kappa shape index (κ3) is 4.11. The molecular formula is C18H13BrN6O2S2. The first-order chi connectivity index (χ1) is 14.0. The molecule has 4 aromatic rings. The fraction of sp³-hybridized carbons (Fsp3) is 0.0556. The molecule has 0 fully saturated rings. The molecule has 3 heterocycles. The Morgan fingerprint density at radius 3 is 2.76 bits per heavy atom. The van der Waals surface area contributed by atoms with Crippen LogP contribution in [0.4, 0.5) is 0 Å². The summed E-state index contributed by atoms with van der Waals surface area (Å²) in [5.74, 6) is 0.215. The molecule has 3 aromatic heterocycles. The van der Waals surface area contributed by atoms with Crippen LogP contribution in [0.25, 0.3) is 21.1 Å². The molecule has 4 rings (SSSR count). The number of hydrazone groups is 1. The number of tetrazole rings is 1. The van der Waals surface area contributed by atoms with Gasteiger partial charge in [-0.1, -0.05) is 28.1 Å². The van der Waals surface area contributed by atoms with Crippen LogP contribution in [0.1, 0.15) is 22.2 Å². The zero-order chi connectivity index (χ0) is 20.4. The zero-order valence-corrected chi connectivity index (χ0v) is 18.1. The molecule has 3 N–H and O–H groups in total. The lowest BCUT2D eigenvalue weighted by Crippen LogP contribution is -2.18. The Labute approximate surface area is 181 Å². The van der Waals surface area contributed by atoms with E-state index in [9.17, 15) is 9.90 Å². The number of rotatable bonds is 5. The van der Waals surface area contributed by atoms with Crippen molar-refractivity contribution in [2.24, 2.45) is 5.10 Å². The minimum absolute atomic E-state index is 0.142. The maximum atomic E-state index is 12.4. The smallest absolute Gasteiger partial charge is 0.281 e. The second kappa shape index (κ2) is 8.23. The van der Waals surface area contributed by atoms with Crippen LogP contribution in [-0.2, 0) is 0 Å². The van der Waals surface area contributed by atoms with Crippen molar-refractivity contribution in [2.45, 2.75) is 6.92 Å². The summed E-state index contributed by atoms with van der Waals surface area (Å²) in [6, 6.07) is 11.1. The van der Waals surface area contributed by atoms with E-state index in [0.29, 0.717) is 22.0 Å². The predicted octanol–water partition coefficient (Wildman–Crippen LogP) is 4.28. The van der Waals surface area contributed by atoms with Gasteiger partial charge in [-0.05, 0) is 42.0 Å². The predicted molar refractivity (Wildman–Crippen MR) is 116 cm³/mol. The number of halogens is 1. The lowest BCUT2D eigenvalue weighted by molar-refractivity contribution is 0.0959. The molecule has 0 atom stereocenters. The van der Waals surface area contributed by atoms with E-state index in [4.69, 9.17) is 0 Å². The van der Waals surface area contributed by atoms with Crippen LogP contribution in [0, 0.1) is 0 Å². The fourth-order valence-corrected chi connectivity index (χ4v) is 4.61. The van der Waals surface area contributed by atoms with Gasteiger partial charge in [0.1, 0.15) is 5.75 Å². The van der Waals surface area contributed by atoms with Crippen molar-refractivity contribution in [3.05, 3.63) is 56.7 Å². The van der Waals surface area contributed by atoms with Crippen LogP contribution in [0.15, 0.2) is 51.4 Å². The number of aromatic nitrogens is 4. The third-order valence-corrected chi connectivity index (χ3v) is 6.61. The number of H-pyrrole nitrogens is 1. The molecule has 1 aromatic carbocycles. The largest absolute Gasteiger partial charge is 0.506 e. The normalized spacial score (nSPS) is 11.6. The summed E-state index contributed by atoms with van der Waals surface area (Å²) >= 11 is 6.05.